The standard InChI is InChI=1S/C18H18ClF3N2O5S/c1-3-28-16-8-6-12(10-15(16)23-17(25)29-4-2)30(26,27)24-14-9-11(18(20,21)22)5-7-13(14)19/h5-10,24H,3-4H2,1-2H3,(H,23,25). The maximum atomic E-state index is 12.9. The Labute approximate surface area is 176 Å². The minimum atomic E-state index is -4.68. The fraction of sp³-hybridized carbons (Fsp3) is 0.278. The van der Waals surface area contributed by atoms with Gasteiger partial charge < -0.3 is 9.47 Å². The third-order valence-corrected chi connectivity index (χ3v) is 5.30. The highest BCUT2D eigenvalue weighted by Crippen LogP contribution is 2.35. The van der Waals surface area contributed by atoms with Gasteiger partial charge in [0.2, 0.25) is 0 Å². The highest BCUT2D eigenvalue weighted by atomic mass is 35.5. The molecule has 2 aromatic rings. The van der Waals surface area contributed by atoms with Crippen molar-refractivity contribution in [3.63, 3.8) is 0 Å². The average molecular weight is 467 g/mol. The molecule has 0 aromatic heterocycles. The summed E-state index contributed by atoms with van der Waals surface area (Å²) in [6.07, 6.45) is -5.51. The summed E-state index contributed by atoms with van der Waals surface area (Å²) in [5, 5.41) is 2.14. The largest absolute Gasteiger partial charge is 0.492 e. The normalized spacial score (nSPS) is 11.7. The Bertz CT molecular complexity index is 1030. The molecule has 2 rings (SSSR count). The van der Waals surface area contributed by atoms with Crippen LogP contribution in [0.5, 0.6) is 5.75 Å². The van der Waals surface area contributed by atoms with Crippen LogP contribution in [-0.2, 0) is 20.9 Å². The monoisotopic (exact) mass is 466 g/mol. The number of nitrogens with one attached hydrogen (secondary N) is 2. The van der Waals surface area contributed by atoms with E-state index in [-0.39, 0.29) is 34.6 Å². The molecule has 2 N–H and O–H groups in total. The third kappa shape index (κ3) is 5.92. The van der Waals surface area contributed by atoms with Gasteiger partial charge in [0, 0.05) is 0 Å². The number of hydrogen-bond donors (Lipinski definition) is 2. The second kappa shape index (κ2) is 9.43. The van der Waals surface area contributed by atoms with Gasteiger partial charge in [-0.1, -0.05) is 11.6 Å². The summed E-state index contributed by atoms with van der Waals surface area (Å²) in [5.74, 6) is 0.182. The average Bonchev–Trinajstić information content (AvgIpc) is 2.64. The number of rotatable bonds is 7. The summed E-state index contributed by atoms with van der Waals surface area (Å²) in [4.78, 5) is 11.4. The first-order valence-corrected chi connectivity index (χ1v) is 10.4. The van der Waals surface area contributed by atoms with Crippen LogP contribution >= 0.6 is 11.6 Å². The van der Waals surface area contributed by atoms with Crippen LogP contribution < -0.4 is 14.8 Å². The van der Waals surface area contributed by atoms with Crippen LogP contribution in [0, 0.1) is 0 Å². The number of sulfonamides is 1. The molecule has 0 aliphatic carbocycles. The molecule has 164 valence electrons. The fourth-order valence-corrected chi connectivity index (χ4v) is 3.63. The number of halogens is 4. The minimum absolute atomic E-state index is 0.00770. The molecule has 12 heteroatoms. The van der Waals surface area contributed by atoms with E-state index in [1.54, 1.807) is 13.8 Å². The van der Waals surface area contributed by atoms with Crippen LogP contribution in [-0.4, -0.2) is 27.7 Å². The maximum Gasteiger partial charge on any atom is 0.416 e. The second-order valence-electron chi connectivity index (χ2n) is 5.73. The van der Waals surface area contributed by atoms with Crippen molar-refractivity contribution < 1.29 is 35.9 Å². The van der Waals surface area contributed by atoms with Crippen LogP contribution in [0.25, 0.3) is 0 Å². The van der Waals surface area contributed by atoms with Crippen molar-refractivity contribution in [3.05, 3.63) is 47.0 Å². The maximum absolute atomic E-state index is 12.9. The molecule has 7 nitrogen and oxygen atoms in total. The van der Waals surface area contributed by atoms with Crippen molar-refractivity contribution in [1.29, 1.82) is 0 Å². The second-order valence-corrected chi connectivity index (χ2v) is 7.82. The molecule has 0 unspecified atom stereocenters. The number of carbonyl (C=O) groups excluding carboxylic acids is 1. The Hall–Kier alpha value is -2.66. The zero-order valence-electron chi connectivity index (χ0n) is 15.8. The summed E-state index contributed by atoms with van der Waals surface area (Å²) in [5.41, 5.74) is -1.51. The van der Waals surface area contributed by atoms with E-state index in [0.29, 0.717) is 6.07 Å². The predicted molar refractivity (Wildman–Crippen MR) is 106 cm³/mol. The Morgan fingerprint density at radius 3 is 2.37 bits per heavy atom. The van der Waals surface area contributed by atoms with Crippen molar-refractivity contribution in [2.45, 2.75) is 24.9 Å². The Morgan fingerprint density at radius 2 is 1.77 bits per heavy atom. The summed E-state index contributed by atoms with van der Waals surface area (Å²) in [6.45, 7) is 3.60. The molecule has 2 aromatic carbocycles. The molecule has 0 radical (unpaired) electrons. The number of anilines is 2. The lowest BCUT2D eigenvalue weighted by molar-refractivity contribution is -0.137. The zero-order valence-corrected chi connectivity index (χ0v) is 17.4. The van der Waals surface area contributed by atoms with Crippen molar-refractivity contribution >= 4 is 39.1 Å². The van der Waals surface area contributed by atoms with Crippen molar-refractivity contribution in [3.8, 4) is 5.75 Å². The molecule has 1 amide bonds. The molecule has 0 fully saturated rings. The summed E-state index contributed by atoms with van der Waals surface area (Å²) < 4.78 is 76.3. The lowest BCUT2D eigenvalue weighted by atomic mass is 10.2. The quantitative estimate of drug-likeness (QED) is 0.590. The number of hydrogen-bond acceptors (Lipinski definition) is 5. The molecule has 30 heavy (non-hydrogen) atoms. The predicted octanol–water partition coefficient (Wildman–Crippen LogP) is 5.13. The number of alkyl halides is 3. The van der Waals surface area contributed by atoms with Gasteiger partial charge in [0.05, 0.1) is 40.1 Å². The summed E-state index contributed by atoms with van der Waals surface area (Å²) >= 11 is 5.85. The highest BCUT2D eigenvalue weighted by molar-refractivity contribution is 7.92. The smallest absolute Gasteiger partial charge is 0.416 e. The molecule has 0 heterocycles. The SMILES string of the molecule is CCOC(=O)Nc1cc(S(=O)(=O)Nc2cc(C(F)(F)F)ccc2Cl)ccc1OCC. The van der Waals surface area contributed by atoms with Gasteiger partial charge >= 0.3 is 12.3 Å². The van der Waals surface area contributed by atoms with E-state index in [1.165, 1.54) is 12.1 Å². The first-order chi connectivity index (χ1) is 14.0. The number of amides is 1. The molecule has 0 saturated heterocycles. The molecule has 0 atom stereocenters. The first-order valence-electron chi connectivity index (χ1n) is 8.58. The van der Waals surface area contributed by atoms with Gasteiger partial charge in [-0.25, -0.2) is 13.2 Å². The van der Waals surface area contributed by atoms with E-state index >= 15 is 0 Å². The van der Waals surface area contributed by atoms with Gasteiger partial charge in [0.15, 0.2) is 0 Å². The van der Waals surface area contributed by atoms with E-state index in [9.17, 15) is 26.4 Å². The van der Waals surface area contributed by atoms with Gasteiger partial charge in [-0.2, -0.15) is 13.2 Å². The molecule has 0 bridgehead atoms. The molecular formula is C18H18ClF3N2O5S. The van der Waals surface area contributed by atoms with E-state index in [2.05, 4.69) is 5.32 Å². The molecule has 0 aliphatic heterocycles. The van der Waals surface area contributed by atoms with Crippen molar-refractivity contribution in [2.75, 3.05) is 23.3 Å². The van der Waals surface area contributed by atoms with Gasteiger partial charge in [-0.05, 0) is 50.2 Å². The molecule has 0 saturated carbocycles. The van der Waals surface area contributed by atoms with Crippen LogP contribution in [0.4, 0.5) is 29.3 Å². The van der Waals surface area contributed by atoms with Gasteiger partial charge in [0.1, 0.15) is 5.75 Å². The summed E-state index contributed by atoms with van der Waals surface area (Å²) in [6, 6.07) is 5.82. The van der Waals surface area contributed by atoms with Crippen molar-refractivity contribution in [1.82, 2.24) is 0 Å². The van der Waals surface area contributed by atoms with E-state index in [0.717, 1.165) is 18.2 Å². The first kappa shape index (κ1) is 23.6. The minimum Gasteiger partial charge on any atom is -0.492 e. The van der Waals surface area contributed by atoms with Crippen LogP contribution in [0.3, 0.4) is 0 Å². The number of benzene rings is 2. The van der Waals surface area contributed by atoms with Gasteiger partial charge in [-0.3, -0.25) is 10.0 Å². The van der Waals surface area contributed by atoms with E-state index < -0.39 is 33.5 Å². The zero-order chi connectivity index (χ0) is 22.5. The van der Waals surface area contributed by atoms with Crippen LogP contribution in [0.1, 0.15) is 19.4 Å². The van der Waals surface area contributed by atoms with E-state index in [1.807, 2.05) is 4.72 Å². The number of ether oxygens (including phenoxy) is 2. The molecular weight excluding hydrogens is 449 g/mol. The van der Waals surface area contributed by atoms with Crippen LogP contribution in [0.2, 0.25) is 5.02 Å². The van der Waals surface area contributed by atoms with E-state index in [4.69, 9.17) is 21.1 Å². The lowest BCUT2D eigenvalue weighted by Gasteiger charge is -2.15. The summed E-state index contributed by atoms with van der Waals surface area (Å²) in [7, 11) is -4.35. The third-order valence-electron chi connectivity index (χ3n) is 3.61. The van der Waals surface area contributed by atoms with Crippen LogP contribution in [0.15, 0.2) is 41.3 Å². The molecule has 0 spiro atoms. The Balaban J connectivity index is 2.41. The lowest BCUT2D eigenvalue weighted by Crippen LogP contribution is -2.17. The number of carbonyl (C=O) groups is 1. The Kier molecular flexibility index (Phi) is 7.43. The fourth-order valence-electron chi connectivity index (χ4n) is 2.32. The topological polar surface area (TPSA) is 93.7 Å². The van der Waals surface area contributed by atoms with Crippen molar-refractivity contribution in [2.24, 2.45) is 0 Å². The Morgan fingerprint density at radius 1 is 1.07 bits per heavy atom. The highest BCUT2D eigenvalue weighted by Gasteiger charge is 2.31. The molecule has 0 aliphatic rings. The van der Waals surface area contributed by atoms with Gasteiger partial charge in [-0.15, -0.1) is 0 Å². The van der Waals surface area contributed by atoms with Gasteiger partial charge in [0.25, 0.3) is 10.0 Å².